The van der Waals surface area contributed by atoms with Crippen LogP contribution in [0.5, 0.6) is 0 Å². The molecule has 6 rings (SSSR count). The van der Waals surface area contributed by atoms with Gasteiger partial charge in [0.2, 0.25) is 0 Å². The van der Waals surface area contributed by atoms with Gasteiger partial charge in [0.05, 0.1) is 23.1 Å². The summed E-state index contributed by atoms with van der Waals surface area (Å²) in [5.41, 5.74) is 5.46. The second-order valence-corrected chi connectivity index (χ2v) is 8.80. The molecule has 0 fully saturated rings. The van der Waals surface area contributed by atoms with Crippen molar-refractivity contribution in [2.45, 2.75) is 17.9 Å². The third kappa shape index (κ3) is 2.62. The van der Waals surface area contributed by atoms with Crippen LogP contribution in [-0.4, -0.2) is 14.9 Å². The molecule has 3 heterocycles. The summed E-state index contributed by atoms with van der Waals surface area (Å²) < 4.78 is 1.96. The molecule has 0 saturated heterocycles. The Morgan fingerprint density at radius 3 is 2.43 bits per heavy atom. The van der Waals surface area contributed by atoms with Crippen LogP contribution in [0, 0.1) is 6.92 Å². The summed E-state index contributed by atoms with van der Waals surface area (Å²) in [5.74, 6) is 0.894. The lowest BCUT2D eigenvalue weighted by atomic mass is 9.95. The van der Waals surface area contributed by atoms with E-state index in [0.29, 0.717) is 0 Å². The predicted molar refractivity (Wildman–Crippen MR) is 123 cm³/mol. The number of hydrogen-bond donors (Lipinski definition) is 0. The van der Waals surface area contributed by atoms with Gasteiger partial charge in [-0.2, -0.15) is 5.10 Å². The van der Waals surface area contributed by atoms with Crippen LogP contribution in [-0.2, 0) is 0 Å². The maximum atomic E-state index is 6.20. The Kier molecular flexibility index (Phi) is 4.01. The lowest BCUT2D eigenvalue weighted by Gasteiger charge is -2.33. The van der Waals surface area contributed by atoms with Crippen molar-refractivity contribution in [1.29, 1.82) is 0 Å². The Bertz CT molecular complexity index is 1290. The number of aryl methyl sites for hydroxylation is 1. The van der Waals surface area contributed by atoms with E-state index in [1.165, 1.54) is 16.1 Å². The number of thioether (sulfide) groups is 1. The number of hydrogen-bond acceptors (Lipinski definition) is 4. The van der Waals surface area contributed by atoms with Crippen LogP contribution in [0.1, 0.15) is 22.9 Å². The topological polar surface area (TPSA) is 33.4 Å². The predicted octanol–water partition coefficient (Wildman–Crippen LogP) is 6.54. The molecule has 4 aromatic rings. The van der Waals surface area contributed by atoms with Gasteiger partial charge < -0.3 is 4.90 Å². The summed E-state index contributed by atoms with van der Waals surface area (Å²) in [4.78, 5) is 8.64. The molecule has 30 heavy (non-hydrogen) atoms. The molecule has 1 atom stereocenters. The maximum absolute atomic E-state index is 6.20. The van der Waals surface area contributed by atoms with Gasteiger partial charge in [-0.25, -0.2) is 9.67 Å². The summed E-state index contributed by atoms with van der Waals surface area (Å²) in [6, 6.07) is 26.8. The van der Waals surface area contributed by atoms with Gasteiger partial charge in [-0.05, 0) is 60.6 Å². The van der Waals surface area contributed by atoms with Gasteiger partial charge in [-0.15, -0.1) is 0 Å². The van der Waals surface area contributed by atoms with Crippen LogP contribution in [0.2, 0.25) is 5.02 Å². The quantitative estimate of drug-likeness (QED) is 0.363. The largest absolute Gasteiger partial charge is 0.308 e. The van der Waals surface area contributed by atoms with Gasteiger partial charge in [0, 0.05) is 15.5 Å². The number of amidine groups is 1. The Hall–Kier alpha value is -3.02. The van der Waals surface area contributed by atoms with Crippen molar-refractivity contribution in [3.05, 3.63) is 101 Å². The number of benzene rings is 3. The van der Waals surface area contributed by atoms with Crippen molar-refractivity contribution in [2.75, 3.05) is 4.90 Å². The minimum Gasteiger partial charge on any atom is -0.308 e. The second kappa shape index (κ2) is 6.76. The molecule has 6 heteroatoms. The SMILES string of the molecule is Cc1nn(-c2ccccc2)c2c1C(c1ccc(Cl)cc1)N1C(=N2)Sc2ccccc21. The molecule has 0 aliphatic carbocycles. The Balaban J connectivity index is 1.62. The number of nitrogens with zero attached hydrogens (tertiary/aromatic N) is 4. The number of para-hydroxylation sites is 2. The van der Waals surface area contributed by atoms with Crippen LogP contribution in [0.4, 0.5) is 11.5 Å². The van der Waals surface area contributed by atoms with E-state index in [4.69, 9.17) is 21.7 Å². The zero-order valence-corrected chi connectivity index (χ0v) is 17.7. The summed E-state index contributed by atoms with van der Waals surface area (Å²) in [6.45, 7) is 2.07. The number of aromatic nitrogens is 2. The van der Waals surface area contributed by atoms with Crippen LogP contribution in [0.15, 0.2) is 88.8 Å². The molecule has 0 radical (unpaired) electrons. The lowest BCUT2D eigenvalue weighted by molar-refractivity contribution is 0.820. The van der Waals surface area contributed by atoms with Crippen molar-refractivity contribution in [3.63, 3.8) is 0 Å². The Labute approximate surface area is 183 Å². The van der Waals surface area contributed by atoms with Gasteiger partial charge >= 0.3 is 0 Å². The normalized spacial score (nSPS) is 16.7. The summed E-state index contributed by atoms with van der Waals surface area (Å²) >= 11 is 7.91. The van der Waals surface area contributed by atoms with E-state index < -0.39 is 0 Å². The molecule has 2 aliphatic heterocycles. The molecule has 0 bridgehead atoms. The van der Waals surface area contributed by atoms with Gasteiger partial charge in [-0.1, -0.05) is 54.1 Å². The monoisotopic (exact) mass is 428 g/mol. The minimum atomic E-state index is -0.0154. The molecule has 0 amide bonds. The van der Waals surface area contributed by atoms with Crippen molar-refractivity contribution in [3.8, 4) is 5.69 Å². The number of aliphatic imine (C=N–C) groups is 1. The standard InChI is InChI=1S/C24H17ClN4S/c1-15-21-22(16-11-13-17(25)14-12-16)28-19-9-5-6-10-20(19)30-24(28)26-23(21)29(27-15)18-7-3-2-4-8-18/h2-14,22H,1H3. The molecule has 0 N–H and O–H groups in total. The highest BCUT2D eigenvalue weighted by molar-refractivity contribution is 8.14. The molecule has 0 saturated carbocycles. The third-order valence-corrected chi connectivity index (χ3v) is 6.82. The number of halogens is 1. The van der Waals surface area contributed by atoms with Crippen molar-refractivity contribution in [1.82, 2.24) is 9.78 Å². The second-order valence-electron chi connectivity index (χ2n) is 7.36. The van der Waals surface area contributed by atoms with E-state index in [0.717, 1.165) is 33.0 Å². The van der Waals surface area contributed by atoms with Gasteiger partial charge in [0.15, 0.2) is 11.0 Å². The molecule has 3 aromatic carbocycles. The Morgan fingerprint density at radius 2 is 1.63 bits per heavy atom. The number of fused-ring (bicyclic) bond motifs is 4. The van der Waals surface area contributed by atoms with Crippen LogP contribution < -0.4 is 4.90 Å². The van der Waals surface area contributed by atoms with Crippen molar-refractivity contribution >= 4 is 40.0 Å². The van der Waals surface area contributed by atoms with E-state index in [2.05, 4.69) is 60.4 Å². The minimum absolute atomic E-state index is 0.0154. The van der Waals surface area contributed by atoms with Gasteiger partial charge in [-0.3, -0.25) is 0 Å². The molecular formula is C24H17ClN4S. The molecule has 0 spiro atoms. The van der Waals surface area contributed by atoms with Crippen LogP contribution in [0.3, 0.4) is 0 Å². The first-order chi connectivity index (χ1) is 14.7. The van der Waals surface area contributed by atoms with E-state index in [-0.39, 0.29) is 6.04 Å². The fraction of sp³-hybridized carbons (Fsp3) is 0.0833. The molecular weight excluding hydrogens is 412 g/mol. The van der Waals surface area contributed by atoms with E-state index in [1.54, 1.807) is 11.8 Å². The summed E-state index contributed by atoms with van der Waals surface area (Å²) in [6.07, 6.45) is 0. The average molecular weight is 429 g/mol. The summed E-state index contributed by atoms with van der Waals surface area (Å²) in [7, 11) is 0. The van der Waals surface area contributed by atoms with Crippen molar-refractivity contribution in [2.24, 2.45) is 4.99 Å². The van der Waals surface area contributed by atoms with E-state index in [9.17, 15) is 0 Å². The van der Waals surface area contributed by atoms with Gasteiger partial charge in [0.25, 0.3) is 0 Å². The number of rotatable bonds is 2. The first-order valence-corrected chi connectivity index (χ1v) is 11.0. The van der Waals surface area contributed by atoms with Crippen molar-refractivity contribution < 1.29 is 0 Å². The highest BCUT2D eigenvalue weighted by Crippen LogP contribution is 2.52. The zero-order chi connectivity index (χ0) is 20.2. The third-order valence-electron chi connectivity index (χ3n) is 5.53. The molecule has 1 unspecified atom stereocenters. The first kappa shape index (κ1) is 17.8. The molecule has 1 aromatic heterocycles. The summed E-state index contributed by atoms with van der Waals surface area (Å²) in [5, 5.41) is 6.59. The fourth-order valence-corrected chi connectivity index (χ4v) is 5.38. The van der Waals surface area contributed by atoms with Crippen LogP contribution in [0.25, 0.3) is 5.69 Å². The van der Waals surface area contributed by atoms with E-state index in [1.807, 2.05) is 35.0 Å². The number of anilines is 1. The molecule has 4 nitrogen and oxygen atoms in total. The zero-order valence-electron chi connectivity index (χ0n) is 16.2. The average Bonchev–Trinajstić information content (AvgIpc) is 3.31. The highest BCUT2D eigenvalue weighted by atomic mass is 35.5. The maximum Gasteiger partial charge on any atom is 0.176 e. The highest BCUT2D eigenvalue weighted by Gasteiger charge is 2.41. The van der Waals surface area contributed by atoms with E-state index >= 15 is 0 Å². The van der Waals surface area contributed by atoms with Crippen LogP contribution >= 0.6 is 23.4 Å². The molecule has 146 valence electrons. The van der Waals surface area contributed by atoms with Gasteiger partial charge in [0.1, 0.15) is 0 Å². The Morgan fingerprint density at radius 1 is 0.900 bits per heavy atom. The fourth-order valence-electron chi connectivity index (χ4n) is 4.20. The lowest BCUT2D eigenvalue weighted by Crippen LogP contribution is -2.33. The first-order valence-electron chi connectivity index (χ1n) is 9.76. The smallest absolute Gasteiger partial charge is 0.176 e. The molecule has 2 aliphatic rings.